The van der Waals surface area contributed by atoms with Crippen LogP contribution in [-0.4, -0.2) is 44.2 Å². The third-order valence-electron chi connectivity index (χ3n) is 5.40. The van der Waals surface area contributed by atoms with Crippen LogP contribution in [0.4, 0.5) is 0 Å². The summed E-state index contributed by atoms with van der Waals surface area (Å²) in [5.41, 5.74) is 9.95. The van der Waals surface area contributed by atoms with Crippen LogP contribution in [0.1, 0.15) is 30.5 Å². The molecular formula is C21H27N7S. The van der Waals surface area contributed by atoms with Gasteiger partial charge >= 0.3 is 0 Å². The topological polar surface area (TPSA) is 94.0 Å². The largest absolute Gasteiger partial charge is 0.333 e. The van der Waals surface area contributed by atoms with Crippen LogP contribution in [0.25, 0.3) is 27.4 Å². The van der Waals surface area contributed by atoms with Gasteiger partial charge in [0.2, 0.25) is 0 Å². The number of thiophene rings is 1. The fourth-order valence-electron chi connectivity index (χ4n) is 4.02. The molecule has 2 fully saturated rings. The number of nitrogens with one attached hydrogen (secondary N) is 1. The molecule has 1 aliphatic heterocycles. The van der Waals surface area contributed by atoms with Crippen LogP contribution >= 0.6 is 11.3 Å². The first-order chi connectivity index (χ1) is 14.2. The van der Waals surface area contributed by atoms with E-state index in [4.69, 9.17) is 0 Å². The van der Waals surface area contributed by atoms with Gasteiger partial charge in [0.25, 0.3) is 0 Å². The van der Waals surface area contributed by atoms with Gasteiger partial charge in [-0.1, -0.05) is 0 Å². The van der Waals surface area contributed by atoms with Gasteiger partial charge < -0.3 is 11.1 Å². The molecule has 6 rings (SSSR count). The molecule has 2 bridgehead atoms. The van der Waals surface area contributed by atoms with E-state index in [-0.39, 0.29) is 0 Å². The molecular weight excluding hydrogens is 382 g/mol. The number of aryl methyl sites for hydroxylation is 2. The Morgan fingerprint density at radius 3 is 2.69 bits per heavy atom. The fraction of sp³-hybridized carbons (Fsp3) is 0.429. The van der Waals surface area contributed by atoms with Crippen molar-refractivity contribution in [2.45, 2.75) is 39.2 Å². The Kier molecular flexibility index (Phi) is 5.84. The summed E-state index contributed by atoms with van der Waals surface area (Å²) in [5.74, 6) is 1.06. The molecule has 3 N–H and O–H groups in total. The lowest BCUT2D eigenvalue weighted by molar-refractivity contribution is 0.504. The molecule has 0 aromatic carbocycles. The molecule has 0 spiro atoms. The number of hydrogen-bond acceptors (Lipinski definition) is 7. The first kappa shape index (κ1) is 19.9. The Morgan fingerprint density at radius 1 is 1.17 bits per heavy atom. The summed E-state index contributed by atoms with van der Waals surface area (Å²) in [5, 5.41) is 10.0. The third-order valence-corrected chi connectivity index (χ3v) is 6.20. The lowest BCUT2D eigenvalue weighted by Gasteiger charge is -2.08. The van der Waals surface area contributed by atoms with Gasteiger partial charge in [-0.05, 0) is 75.7 Å². The summed E-state index contributed by atoms with van der Waals surface area (Å²) in [6, 6.07) is 4.90. The number of rotatable bonds is 1. The van der Waals surface area contributed by atoms with Crippen molar-refractivity contribution in [3.05, 3.63) is 41.2 Å². The van der Waals surface area contributed by atoms with Gasteiger partial charge in [-0.3, -0.25) is 4.98 Å². The van der Waals surface area contributed by atoms with E-state index in [1.807, 2.05) is 37.6 Å². The van der Waals surface area contributed by atoms with Gasteiger partial charge in [-0.15, -0.1) is 11.3 Å². The molecule has 152 valence electrons. The molecule has 2 atom stereocenters. The van der Waals surface area contributed by atoms with Crippen molar-refractivity contribution in [3.63, 3.8) is 0 Å². The highest BCUT2D eigenvalue weighted by atomic mass is 32.1. The van der Waals surface area contributed by atoms with Crippen molar-refractivity contribution in [2.24, 2.45) is 11.7 Å². The van der Waals surface area contributed by atoms with E-state index >= 15 is 0 Å². The van der Waals surface area contributed by atoms with E-state index in [0.717, 1.165) is 50.6 Å². The predicted molar refractivity (Wildman–Crippen MR) is 118 cm³/mol. The predicted octanol–water partition coefficient (Wildman–Crippen LogP) is 3.35. The number of piperidine rings is 1. The van der Waals surface area contributed by atoms with Gasteiger partial charge in [0, 0.05) is 6.04 Å². The normalized spacial score (nSPS) is 19.7. The van der Waals surface area contributed by atoms with Crippen molar-refractivity contribution in [3.8, 4) is 11.4 Å². The second-order valence-electron chi connectivity index (χ2n) is 7.51. The van der Waals surface area contributed by atoms with Crippen LogP contribution < -0.4 is 11.1 Å². The monoisotopic (exact) mass is 409 g/mol. The molecule has 5 heterocycles. The number of aromatic nitrogens is 5. The van der Waals surface area contributed by atoms with E-state index in [1.165, 1.54) is 32.9 Å². The number of nitrogens with zero attached hydrogens (tertiary/aromatic N) is 5. The molecule has 7 nitrogen and oxygen atoms in total. The summed E-state index contributed by atoms with van der Waals surface area (Å²) in [7, 11) is 1.50. The maximum Gasteiger partial charge on any atom is 0.156 e. The quantitative estimate of drug-likeness (QED) is 0.501. The van der Waals surface area contributed by atoms with Crippen LogP contribution in [0.3, 0.4) is 0 Å². The van der Waals surface area contributed by atoms with Crippen LogP contribution in [0.5, 0.6) is 0 Å². The first-order valence-corrected chi connectivity index (χ1v) is 10.9. The van der Waals surface area contributed by atoms with E-state index in [2.05, 4.69) is 31.1 Å². The maximum atomic E-state index is 4.62. The van der Waals surface area contributed by atoms with Crippen LogP contribution in [0, 0.1) is 19.8 Å². The van der Waals surface area contributed by atoms with Crippen molar-refractivity contribution in [1.82, 2.24) is 29.9 Å². The third kappa shape index (κ3) is 4.14. The van der Waals surface area contributed by atoms with Crippen LogP contribution in [0.2, 0.25) is 0 Å². The highest BCUT2D eigenvalue weighted by molar-refractivity contribution is 7.16. The zero-order valence-corrected chi connectivity index (χ0v) is 17.9. The lowest BCUT2D eigenvalue weighted by atomic mass is 10.1. The highest BCUT2D eigenvalue weighted by Crippen LogP contribution is 2.30. The van der Waals surface area contributed by atoms with Crippen molar-refractivity contribution in [1.29, 1.82) is 0 Å². The lowest BCUT2D eigenvalue weighted by Crippen LogP contribution is -2.23. The first-order valence-electron chi connectivity index (χ1n) is 10.0. The molecule has 29 heavy (non-hydrogen) atoms. The van der Waals surface area contributed by atoms with E-state index in [0.29, 0.717) is 0 Å². The fourth-order valence-corrected chi connectivity index (χ4v) is 4.74. The summed E-state index contributed by atoms with van der Waals surface area (Å²) in [4.78, 5) is 14.4. The molecule has 0 amide bonds. The second kappa shape index (κ2) is 8.52. The Labute approximate surface area is 174 Å². The Morgan fingerprint density at radius 2 is 2.03 bits per heavy atom. The zero-order chi connectivity index (χ0) is 20.4. The van der Waals surface area contributed by atoms with Gasteiger partial charge in [0.05, 0.1) is 23.6 Å². The standard InChI is InChI=1S/C14H11N5S.C6H11N.CH5N/c1-8-5-11(18-19-7-9(2)16-13(8)19)12-6-15-10-3-4-20-14(10)17-12;1-2-6-3-5(1)4-7-6;1-2/h3-7H,1-2H3;5-7H,1-4H2;2H2,1H3. The molecule has 1 saturated carbocycles. The zero-order valence-electron chi connectivity index (χ0n) is 17.1. The van der Waals surface area contributed by atoms with Gasteiger partial charge in [-0.2, -0.15) is 5.10 Å². The summed E-state index contributed by atoms with van der Waals surface area (Å²) >= 11 is 1.59. The molecule has 4 aromatic heterocycles. The van der Waals surface area contributed by atoms with Crippen molar-refractivity contribution >= 4 is 27.3 Å². The van der Waals surface area contributed by atoms with Gasteiger partial charge in [0.15, 0.2) is 5.65 Å². The van der Waals surface area contributed by atoms with E-state index in [9.17, 15) is 0 Å². The Hall–Kier alpha value is -2.42. The van der Waals surface area contributed by atoms with E-state index in [1.54, 1.807) is 22.0 Å². The van der Waals surface area contributed by atoms with E-state index < -0.39 is 0 Å². The maximum absolute atomic E-state index is 4.62. The number of imidazole rings is 1. The highest BCUT2D eigenvalue weighted by Gasteiger charge is 2.30. The molecule has 0 radical (unpaired) electrons. The molecule has 1 saturated heterocycles. The van der Waals surface area contributed by atoms with Gasteiger partial charge in [0.1, 0.15) is 16.2 Å². The minimum absolute atomic E-state index is 0.788. The molecule has 1 aliphatic carbocycles. The molecule has 8 heteroatoms. The summed E-state index contributed by atoms with van der Waals surface area (Å²) in [6.07, 6.45) is 8.11. The summed E-state index contributed by atoms with van der Waals surface area (Å²) < 4.78 is 1.81. The smallest absolute Gasteiger partial charge is 0.156 e. The number of fused-ring (bicyclic) bond motifs is 4. The molecule has 2 aliphatic rings. The van der Waals surface area contributed by atoms with Crippen molar-refractivity contribution in [2.75, 3.05) is 13.6 Å². The average Bonchev–Trinajstić information content (AvgIpc) is 3.53. The second-order valence-corrected chi connectivity index (χ2v) is 8.41. The minimum Gasteiger partial charge on any atom is -0.333 e. The van der Waals surface area contributed by atoms with Crippen LogP contribution in [-0.2, 0) is 0 Å². The average molecular weight is 410 g/mol. The summed E-state index contributed by atoms with van der Waals surface area (Å²) in [6.45, 7) is 5.31. The van der Waals surface area contributed by atoms with Crippen molar-refractivity contribution < 1.29 is 0 Å². The Bertz CT molecular complexity index is 1100. The minimum atomic E-state index is 0.788. The SMILES string of the molecule is C1CC2CC1CN2.CN.Cc1cn2nc(-c3cnc4ccsc4n3)cc(C)c2n1. The van der Waals surface area contributed by atoms with Crippen LogP contribution in [0.15, 0.2) is 29.9 Å². The number of nitrogens with two attached hydrogens (primary N) is 1. The molecule has 2 unspecified atom stereocenters. The van der Waals surface area contributed by atoms with Gasteiger partial charge in [-0.25, -0.2) is 14.5 Å². The molecule has 4 aromatic rings. The Balaban J connectivity index is 0.000000189. The number of hydrogen-bond donors (Lipinski definition) is 2.